The number of nitriles is 1. The summed E-state index contributed by atoms with van der Waals surface area (Å²) in [6, 6.07) is 9.26. The van der Waals surface area contributed by atoms with Gasteiger partial charge in [0.25, 0.3) is 0 Å². The van der Waals surface area contributed by atoms with Gasteiger partial charge in [-0.3, -0.25) is 0 Å². The summed E-state index contributed by atoms with van der Waals surface area (Å²) in [6.07, 6.45) is -4.34. The molecule has 1 N–H and O–H groups in total. The van der Waals surface area contributed by atoms with E-state index in [1.54, 1.807) is 17.5 Å². The Labute approximate surface area is 118 Å². The molecule has 2 rings (SSSR count). The highest BCUT2D eigenvalue weighted by Gasteiger charge is 2.32. The predicted molar refractivity (Wildman–Crippen MR) is 71.0 cm³/mol. The van der Waals surface area contributed by atoms with Gasteiger partial charge in [-0.2, -0.15) is 18.4 Å². The van der Waals surface area contributed by atoms with E-state index in [1.807, 2.05) is 6.07 Å². The summed E-state index contributed by atoms with van der Waals surface area (Å²) in [6.45, 7) is 0.577. The minimum absolute atomic E-state index is 0.134. The summed E-state index contributed by atoms with van der Waals surface area (Å²) in [5.41, 5.74) is 0.177. The van der Waals surface area contributed by atoms with Crippen molar-refractivity contribution in [3.05, 3.63) is 57.3 Å². The quantitative estimate of drug-likeness (QED) is 0.928. The van der Waals surface area contributed by atoms with Crippen molar-refractivity contribution in [2.24, 2.45) is 0 Å². The molecule has 0 atom stereocenters. The second kappa shape index (κ2) is 6.07. The summed E-state index contributed by atoms with van der Waals surface area (Å²) >= 11 is 1.41. The van der Waals surface area contributed by atoms with Gasteiger partial charge in [-0.15, -0.1) is 11.3 Å². The van der Waals surface area contributed by atoms with Crippen LogP contribution in [0.4, 0.5) is 13.2 Å². The molecule has 0 aliphatic heterocycles. The molecule has 0 spiro atoms. The van der Waals surface area contributed by atoms with E-state index in [0.717, 1.165) is 10.9 Å². The van der Waals surface area contributed by atoms with Crippen molar-refractivity contribution < 1.29 is 13.2 Å². The van der Waals surface area contributed by atoms with Gasteiger partial charge in [0.2, 0.25) is 0 Å². The second-order valence-electron chi connectivity index (χ2n) is 4.17. The second-order valence-corrected chi connectivity index (χ2v) is 5.17. The lowest BCUT2D eigenvalue weighted by atomic mass is 10.1. The molecule has 104 valence electrons. The molecular weight excluding hydrogens is 285 g/mol. The van der Waals surface area contributed by atoms with Crippen molar-refractivity contribution in [3.8, 4) is 6.07 Å². The summed E-state index contributed by atoms with van der Waals surface area (Å²) in [5.74, 6) is 0. The average molecular weight is 296 g/mol. The average Bonchev–Trinajstić information content (AvgIpc) is 2.86. The van der Waals surface area contributed by atoms with E-state index < -0.39 is 11.7 Å². The SMILES string of the molecule is N#Cc1csc(CNCc2ccccc2C(F)(F)F)c1. The minimum Gasteiger partial charge on any atom is -0.308 e. The number of halogens is 3. The number of nitrogens with one attached hydrogen (secondary N) is 1. The third kappa shape index (κ3) is 3.59. The highest BCUT2D eigenvalue weighted by atomic mass is 32.1. The Kier molecular flexibility index (Phi) is 4.42. The Morgan fingerprint density at radius 1 is 1.20 bits per heavy atom. The summed E-state index contributed by atoms with van der Waals surface area (Å²) in [4.78, 5) is 0.922. The highest BCUT2D eigenvalue weighted by Crippen LogP contribution is 2.31. The zero-order valence-electron chi connectivity index (χ0n) is 10.4. The van der Waals surface area contributed by atoms with Gasteiger partial charge < -0.3 is 5.32 Å². The number of thiophene rings is 1. The van der Waals surface area contributed by atoms with Crippen LogP contribution >= 0.6 is 11.3 Å². The van der Waals surface area contributed by atoms with Gasteiger partial charge >= 0.3 is 6.18 Å². The lowest BCUT2D eigenvalue weighted by Crippen LogP contribution is -2.16. The van der Waals surface area contributed by atoms with Gasteiger partial charge in [-0.25, -0.2) is 0 Å². The van der Waals surface area contributed by atoms with Gasteiger partial charge in [0.1, 0.15) is 6.07 Å². The predicted octanol–water partition coefficient (Wildman–Crippen LogP) is 3.93. The number of rotatable bonds is 4. The molecule has 1 aromatic carbocycles. The topological polar surface area (TPSA) is 35.8 Å². The Morgan fingerprint density at radius 2 is 1.95 bits per heavy atom. The van der Waals surface area contributed by atoms with Crippen LogP contribution in [0.3, 0.4) is 0 Å². The highest BCUT2D eigenvalue weighted by molar-refractivity contribution is 7.10. The first-order valence-corrected chi connectivity index (χ1v) is 6.72. The third-order valence-corrected chi connectivity index (χ3v) is 3.66. The summed E-state index contributed by atoms with van der Waals surface area (Å²) in [5, 5.41) is 13.4. The fourth-order valence-electron chi connectivity index (χ4n) is 1.80. The number of hydrogen-bond acceptors (Lipinski definition) is 3. The molecule has 2 aromatic rings. The Balaban J connectivity index is 2.00. The maximum absolute atomic E-state index is 12.8. The van der Waals surface area contributed by atoms with Crippen LogP contribution < -0.4 is 5.32 Å². The van der Waals surface area contributed by atoms with Crippen molar-refractivity contribution in [2.45, 2.75) is 19.3 Å². The van der Waals surface area contributed by atoms with Crippen LogP contribution in [-0.4, -0.2) is 0 Å². The monoisotopic (exact) mass is 296 g/mol. The van der Waals surface area contributed by atoms with Crippen LogP contribution in [0, 0.1) is 11.3 Å². The number of hydrogen-bond donors (Lipinski definition) is 1. The van der Waals surface area contributed by atoms with E-state index in [-0.39, 0.29) is 12.1 Å². The Hall–Kier alpha value is -1.84. The summed E-state index contributed by atoms with van der Waals surface area (Å²) < 4.78 is 38.4. The molecule has 20 heavy (non-hydrogen) atoms. The van der Waals surface area contributed by atoms with Crippen LogP contribution in [0.25, 0.3) is 0 Å². The molecule has 0 aliphatic carbocycles. The molecule has 0 amide bonds. The van der Waals surface area contributed by atoms with Crippen molar-refractivity contribution >= 4 is 11.3 Å². The lowest BCUT2D eigenvalue weighted by Gasteiger charge is -2.12. The minimum atomic E-state index is -4.34. The molecule has 0 fully saturated rings. The number of benzene rings is 1. The summed E-state index contributed by atoms with van der Waals surface area (Å²) in [7, 11) is 0. The first kappa shape index (κ1) is 14.6. The van der Waals surface area contributed by atoms with Gasteiger partial charge in [-0.05, 0) is 17.7 Å². The molecule has 0 saturated heterocycles. The van der Waals surface area contributed by atoms with E-state index in [2.05, 4.69) is 5.32 Å². The molecule has 0 bridgehead atoms. The first-order chi connectivity index (χ1) is 9.50. The fraction of sp³-hybridized carbons (Fsp3) is 0.214. The molecule has 0 unspecified atom stereocenters. The van der Waals surface area contributed by atoms with Crippen LogP contribution in [0.2, 0.25) is 0 Å². The zero-order valence-corrected chi connectivity index (χ0v) is 11.2. The van der Waals surface area contributed by atoms with Crippen molar-refractivity contribution in [1.82, 2.24) is 5.32 Å². The molecule has 0 radical (unpaired) electrons. The largest absolute Gasteiger partial charge is 0.416 e. The van der Waals surface area contributed by atoms with E-state index in [4.69, 9.17) is 5.26 Å². The van der Waals surface area contributed by atoms with E-state index in [9.17, 15) is 13.2 Å². The van der Waals surface area contributed by atoms with Crippen molar-refractivity contribution in [2.75, 3.05) is 0 Å². The smallest absolute Gasteiger partial charge is 0.308 e. The molecule has 0 saturated carbocycles. The molecule has 6 heteroatoms. The van der Waals surface area contributed by atoms with E-state index >= 15 is 0 Å². The molecular formula is C14H11F3N2S. The molecule has 1 heterocycles. The van der Waals surface area contributed by atoms with Crippen LogP contribution in [0.15, 0.2) is 35.7 Å². The van der Waals surface area contributed by atoms with E-state index in [1.165, 1.54) is 23.5 Å². The Bertz CT molecular complexity index is 626. The normalized spacial score (nSPS) is 11.3. The van der Waals surface area contributed by atoms with Gasteiger partial charge in [0.15, 0.2) is 0 Å². The van der Waals surface area contributed by atoms with Crippen LogP contribution in [0.5, 0.6) is 0 Å². The molecule has 2 nitrogen and oxygen atoms in total. The zero-order chi connectivity index (χ0) is 14.6. The van der Waals surface area contributed by atoms with Crippen molar-refractivity contribution in [3.63, 3.8) is 0 Å². The number of alkyl halides is 3. The van der Waals surface area contributed by atoms with Gasteiger partial charge in [0, 0.05) is 23.3 Å². The molecule has 0 aliphatic rings. The van der Waals surface area contributed by atoms with E-state index in [0.29, 0.717) is 12.1 Å². The van der Waals surface area contributed by atoms with Crippen molar-refractivity contribution in [1.29, 1.82) is 5.26 Å². The Morgan fingerprint density at radius 3 is 2.60 bits per heavy atom. The number of nitrogens with zero attached hydrogens (tertiary/aromatic N) is 1. The van der Waals surface area contributed by atoms with Crippen LogP contribution in [-0.2, 0) is 19.3 Å². The third-order valence-electron chi connectivity index (χ3n) is 2.72. The fourth-order valence-corrected chi connectivity index (χ4v) is 2.58. The van der Waals surface area contributed by atoms with Crippen LogP contribution in [0.1, 0.15) is 21.6 Å². The van der Waals surface area contributed by atoms with Gasteiger partial charge in [-0.1, -0.05) is 18.2 Å². The standard InChI is InChI=1S/C14H11F3N2S/c15-14(16,17)13-4-2-1-3-11(13)7-19-8-12-5-10(6-18)9-20-12/h1-5,9,19H,7-8H2. The molecule has 1 aromatic heterocycles. The maximum atomic E-state index is 12.8. The lowest BCUT2D eigenvalue weighted by molar-refractivity contribution is -0.138. The maximum Gasteiger partial charge on any atom is 0.416 e. The first-order valence-electron chi connectivity index (χ1n) is 5.84. The van der Waals surface area contributed by atoms with Gasteiger partial charge in [0.05, 0.1) is 11.1 Å².